The van der Waals surface area contributed by atoms with E-state index in [1.807, 2.05) is 28.8 Å². The summed E-state index contributed by atoms with van der Waals surface area (Å²) in [5.41, 5.74) is 0.676. The van der Waals surface area contributed by atoms with E-state index in [2.05, 4.69) is 16.4 Å². The molecule has 1 aromatic heterocycles. The van der Waals surface area contributed by atoms with Crippen LogP contribution < -0.4 is 4.90 Å². The van der Waals surface area contributed by atoms with Crippen molar-refractivity contribution in [2.24, 2.45) is 5.92 Å². The van der Waals surface area contributed by atoms with Gasteiger partial charge < -0.3 is 9.64 Å². The van der Waals surface area contributed by atoms with Gasteiger partial charge in [0.25, 0.3) is 0 Å². The third kappa shape index (κ3) is 4.92. The molecular formula is C22H32FN5OS. The van der Waals surface area contributed by atoms with E-state index in [9.17, 15) is 4.39 Å². The Labute approximate surface area is 183 Å². The molecule has 164 valence electrons. The van der Waals surface area contributed by atoms with E-state index in [1.165, 1.54) is 18.9 Å². The molecule has 0 amide bonds. The van der Waals surface area contributed by atoms with Crippen LogP contribution in [-0.4, -0.2) is 52.1 Å². The molecule has 0 N–H and O–H groups in total. The van der Waals surface area contributed by atoms with Crippen molar-refractivity contribution in [1.82, 2.24) is 19.2 Å². The number of aromatic nitrogens is 3. The number of hydrogen-bond donors (Lipinski definition) is 0. The van der Waals surface area contributed by atoms with Crippen molar-refractivity contribution < 1.29 is 9.13 Å². The van der Waals surface area contributed by atoms with Crippen LogP contribution in [0.25, 0.3) is 0 Å². The second-order valence-corrected chi connectivity index (χ2v) is 9.11. The van der Waals surface area contributed by atoms with Crippen molar-refractivity contribution in [3.05, 3.63) is 40.4 Å². The quantitative estimate of drug-likeness (QED) is 0.616. The maximum absolute atomic E-state index is 14.0. The van der Waals surface area contributed by atoms with Crippen LogP contribution in [0.15, 0.2) is 24.3 Å². The lowest BCUT2D eigenvalue weighted by molar-refractivity contribution is 0.0965. The Morgan fingerprint density at radius 3 is 2.70 bits per heavy atom. The van der Waals surface area contributed by atoms with Gasteiger partial charge in [-0.1, -0.05) is 25.1 Å². The van der Waals surface area contributed by atoms with E-state index in [0.717, 1.165) is 50.9 Å². The van der Waals surface area contributed by atoms with E-state index in [-0.39, 0.29) is 11.9 Å². The summed E-state index contributed by atoms with van der Waals surface area (Å²) in [5.74, 6) is 1.52. The van der Waals surface area contributed by atoms with Gasteiger partial charge in [0.2, 0.25) is 10.7 Å². The first-order valence-electron chi connectivity index (χ1n) is 11.0. The molecule has 0 radical (unpaired) electrons. The number of piperidine rings is 1. The molecular weight excluding hydrogens is 401 g/mol. The molecule has 1 unspecified atom stereocenters. The lowest BCUT2D eigenvalue weighted by Crippen LogP contribution is -2.35. The Morgan fingerprint density at radius 1 is 1.23 bits per heavy atom. The van der Waals surface area contributed by atoms with Crippen LogP contribution in [0.1, 0.15) is 38.2 Å². The molecule has 2 aromatic rings. The molecule has 4 rings (SSSR count). The maximum Gasteiger partial charge on any atom is 0.226 e. The topological polar surface area (TPSA) is 38.5 Å². The first-order chi connectivity index (χ1) is 14.5. The minimum atomic E-state index is -0.181. The van der Waals surface area contributed by atoms with Crippen LogP contribution in [0.2, 0.25) is 0 Å². The molecule has 2 aliphatic heterocycles. The molecule has 2 saturated heterocycles. The van der Waals surface area contributed by atoms with Gasteiger partial charge in [-0.25, -0.2) is 9.07 Å². The zero-order valence-electron chi connectivity index (χ0n) is 18.0. The van der Waals surface area contributed by atoms with Crippen LogP contribution in [0.4, 0.5) is 10.3 Å². The van der Waals surface area contributed by atoms with E-state index < -0.39 is 0 Å². The van der Waals surface area contributed by atoms with Crippen LogP contribution in [0, 0.1) is 16.5 Å². The normalized spacial score (nSPS) is 20.4. The van der Waals surface area contributed by atoms with E-state index in [4.69, 9.17) is 22.1 Å². The molecule has 2 fully saturated rings. The highest BCUT2D eigenvalue weighted by Gasteiger charge is 2.25. The summed E-state index contributed by atoms with van der Waals surface area (Å²) in [6.07, 6.45) is 4.72. The van der Waals surface area contributed by atoms with Crippen LogP contribution in [-0.2, 0) is 24.5 Å². The number of ether oxygens (including phenoxy) is 1. The van der Waals surface area contributed by atoms with Crippen LogP contribution in [0.3, 0.4) is 0 Å². The average Bonchev–Trinajstić information content (AvgIpc) is 3.34. The third-order valence-corrected chi connectivity index (χ3v) is 6.58. The van der Waals surface area contributed by atoms with Gasteiger partial charge >= 0.3 is 0 Å². The zero-order valence-corrected chi connectivity index (χ0v) is 18.8. The largest absolute Gasteiger partial charge is 0.376 e. The lowest BCUT2D eigenvalue weighted by atomic mass is 10.00. The van der Waals surface area contributed by atoms with Crippen molar-refractivity contribution in [2.45, 2.75) is 58.5 Å². The number of nitrogens with zero attached hydrogens (tertiary/aromatic N) is 5. The highest BCUT2D eigenvalue weighted by atomic mass is 32.1. The molecule has 3 heterocycles. The van der Waals surface area contributed by atoms with Gasteiger partial charge in [0, 0.05) is 31.8 Å². The second-order valence-electron chi connectivity index (χ2n) is 8.74. The molecule has 2 aliphatic rings. The first kappa shape index (κ1) is 21.5. The molecule has 0 saturated carbocycles. The minimum Gasteiger partial charge on any atom is -0.376 e. The fraction of sp³-hybridized carbons (Fsp3) is 0.636. The Bertz CT molecular complexity index is 899. The molecule has 8 heteroatoms. The number of halogens is 1. The number of hydrogen-bond acceptors (Lipinski definition) is 5. The summed E-state index contributed by atoms with van der Waals surface area (Å²) in [6, 6.07) is 6.90. The SMILES string of the molecule is CC1CCN(c2nn(CN(C)Cc3ccccc3F)c(=S)n2CC2CCCO2)CC1. The van der Waals surface area contributed by atoms with Crippen LogP contribution in [0.5, 0.6) is 0 Å². The van der Waals surface area contributed by atoms with E-state index in [1.54, 1.807) is 6.07 Å². The molecule has 0 bridgehead atoms. The number of rotatable bonds is 7. The van der Waals surface area contributed by atoms with Gasteiger partial charge in [-0.2, -0.15) is 0 Å². The summed E-state index contributed by atoms with van der Waals surface area (Å²) in [5, 5.41) is 4.91. The van der Waals surface area contributed by atoms with Gasteiger partial charge in [0.05, 0.1) is 19.3 Å². The predicted octanol–water partition coefficient (Wildman–Crippen LogP) is 4.06. The molecule has 1 atom stereocenters. The summed E-state index contributed by atoms with van der Waals surface area (Å²) in [4.78, 5) is 4.40. The molecule has 0 aliphatic carbocycles. The van der Waals surface area contributed by atoms with Gasteiger partial charge in [-0.15, -0.1) is 5.10 Å². The van der Waals surface area contributed by atoms with Gasteiger partial charge in [-0.3, -0.25) is 9.47 Å². The summed E-state index contributed by atoms with van der Waals surface area (Å²) < 4.78 is 24.7. The van der Waals surface area contributed by atoms with Crippen molar-refractivity contribution in [3.8, 4) is 0 Å². The summed E-state index contributed by atoms with van der Waals surface area (Å²) in [7, 11) is 1.97. The third-order valence-electron chi connectivity index (χ3n) is 6.15. The molecule has 30 heavy (non-hydrogen) atoms. The Kier molecular flexibility index (Phi) is 6.85. The zero-order chi connectivity index (χ0) is 21.1. The number of anilines is 1. The van der Waals surface area contributed by atoms with Gasteiger partial charge in [0.1, 0.15) is 5.82 Å². The molecule has 6 nitrogen and oxygen atoms in total. The standard InChI is InChI=1S/C22H32FN5OS/c1-17-9-11-26(12-10-17)21-24-28(22(30)27(21)15-19-7-5-13-29-19)16-25(2)14-18-6-3-4-8-20(18)23/h3-4,6,8,17,19H,5,7,9-16H2,1-2H3. The second kappa shape index (κ2) is 9.58. The molecule has 0 spiro atoms. The Hall–Kier alpha value is -1.77. The van der Waals surface area contributed by atoms with Gasteiger partial charge in [-0.05, 0) is 56.9 Å². The fourth-order valence-electron chi connectivity index (χ4n) is 4.31. The van der Waals surface area contributed by atoms with Crippen molar-refractivity contribution in [2.75, 3.05) is 31.6 Å². The van der Waals surface area contributed by atoms with E-state index in [0.29, 0.717) is 23.5 Å². The summed E-state index contributed by atoms with van der Waals surface area (Å²) in [6.45, 7) is 6.91. The average molecular weight is 434 g/mol. The molecule has 1 aromatic carbocycles. The smallest absolute Gasteiger partial charge is 0.226 e. The highest BCUT2D eigenvalue weighted by molar-refractivity contribution is 7.71. The minimum absolute atomic E-state index is 0.181. The van der Waals surface area contributed by atoms with Crippen molar-refractivity contribution in [3.63, 3.8) is 0 Å². The van der Waals surface area contributed by atoms with Crippen molar-refractivity contribution >= 4 is 18.2 Å². The van der Waals surface area contributed by atoms with Gasteiger partial charge in [0.15, 0.2) is 0 Å². The number of benzene rings is 1. The fourth-order valence-corrected chi connectivity index (χ4v) is 4.57. The Balaban J connectivity index is 1.54. The first-order valence-corrected chi connectivity index (χ1v) is 11.4. The van der Waals surface area contributed by atoms with Crippen LogP contribution >= 0.6 is 12.2 Å². The van der Waals surface area contributed by atoms with E-state index >= 15 is 0 Å². The summed E-state index contributed by atoms with van der Waals surface area (Å²) >= 11 is 5.83. The maximum atomic E-state index is 14.0. The predicted molar refractivity (Wildman–Crippen MR) is 119 cm³/mol. The monoisotopic (exact) mass is 433 g/mol. The van der Waals surface area contributed by atoms with Crippen molar-refractivity contribution in [1.29, 1.82) is 0 Å². The lowest BCUT2D eigenvalue weighted by Gasteiger charge is -2.31. The Morgan fingerprint density at radius 2 is 2.00 bits per heavy atom. The highest BCUT2D eigenvalue weighted by Crippen LogP contribution is 2.24.